The van der Waals surface area contributed by atoms with Crippen LogP contribution in [0.2, 0.25) is 0 Å². The number of aliphatic hydroxyl groups is 1. The largest absolute Gasteiger partial charge is 0.396 e. The molecule has 0 bridgehead atoms. The number of hydrogen-bond donors (Lipinski definition) is 3. The third-order valence-corrected chi connectivity index (χ3v) is 5.91. The van der Waals surface area contributed by atoms with E-state index in [1.165, 1.54) is 0 Å². The monoisotopic (exact) mass is 533 g/mol. The quantitative estimate of drug-likeness (QED) is 0.244. The number of aliphatic hydroxyl groups excluding tert-OH is 1. The third kappa shape index (κ3) is 8.19. The van der Waals surface area contributed by atoms with E-state index < -0.39 is 0 Å². The Morgan fingerprint density at radius 3 is 2.73 bits per heavy atom. The van der Waals surface area contributed by atoms with Crippen molar-refractivity contribution in [2.45, 2.75) is 59.6 Å². The lowest BCUT2D eigenvalue weighted by Crippen LogP contribution is -2.43. The summed E-state index contributed by atoms with van der Waals surface area (Å²) in [6.07, 6.45) is 4.96. The second-order valence-corrected chi connectivity index (χ2v) is 7.88. The Morgan fingerprint density at radius 1 is 1.33 bits per heavy atom. The van der Waals surface area contributed by atoms with Crippen molar-refractivity contribution in [1.29, 1.82) is 0 Å². The van der Waals surface area contributed by atoms with Gasteiger partial charge in [0.05, 0.1) is 19.3 Å². The highest BCUT2D eigenvalue weighted by atomic mass is 127. The molecule has 1 aliphatic rings. The van der Waals surface area contributed by atoms with E-state index in [-0.39, 0.29) is 42.1 Å². The number of rotatable bonds is 10. The number of morpholine rings is 1. The molecule has 1 unspecified atom stereocenters. The predicted octanol–water partition coefficient (Wildman–Crippen LogP) is 3.17. The minimum atomic E-state index is 0. The van der Waals surface area contributed by atoms with Crippen LogP contribution in [-0.2, 0) is 11.3 Å². The standard InChI is InChI=1S/C22H39N5O2.HI/c1-5-22(6-2,9-12-28)17-26-21(23-7-3)25-15-19-8-10-24-20(14-19)27-11-13-29-18(4)16-27;/h8,10,14,18,28H,5-7,9,11-13,15-17H2,1-4H3,(H2,23,25,26);1H. The highest BCUT2D eigenvalue weighted by Gasteiger charge is 2.25. The van der Waals surface area contributed by atoms with Crippen LogP contribution in [0, 0.1) is 5.41 Å². The van der Waals surface area contributed by atoms with Gasteiger partial charge in [-0.2, -0.15) is 0 Å². The molecule has 30 heavy (non-hydrogen) atoms. The predicted molar refractivity (Wildman–Crippen MR) is 135 cm³/mol. The molecule has 7 nitrogen and oxygen atoms in total. The summed E-state index contributed by atoms with van der Waals surface area (Å²) in [7, 11) is 0. The van der Waals surface area contributed by atoms with Crippen LogP contribution in [-0.4, -0.2) is 61.5 Å². The summed E-state index contributed by atoms with van der Waals surface area (Å²) in [4.78, 5) is 11.6. The van der Waals surface area contributed by atoms with Crippen molar-refractivity contribution in [3.63, 3.8) is 0 Å². The van der Waals surface area contributed by atoms with Gasteiger partial charge in [0.15, 0.2) is 5.96 Å². The Bertz CT molecular complexity index is 640. The van der Waals surface area contributed by atoms with Gasteiger partial charge in [0.1, 0.15) is 5.82 Å². The molecule has 0 saturated carbocycles. The molecule has 1 atom stereocenters. The Hall–Kier alpha value is -1.13. The molecule has 3 N–H and O–H groups in total. The maximum Gasteiger partial charge on any atom is 0.191 e. The third-order valence-electron chi connectivity index (χ3n) is 5.91. The molecular weight excluding hydrogens is 493 g/mol. The van der Waals surface area contributed by atoms with E-state index in [0.29, 0.717) is 6.54 Å². The number of anilines is 1. The fourth-order valence-corrected chi connectivity index (χ4v) is 3.72. The summed E-state index contributed by atoms with van der Waals surface area (Å²) in [5.74, 6) is 1.81. The van der Waals surface area contributed by atoms with E-state index in [2.05, 4.69) is 54.3 Å². The second kappa shape index (κ2) is 14.0. The van der Waals surface area contributed by atoms with Crippen molar-refractivity contribution in [3.05, 3.63) is 23.9 Å². The zero-order chi connectivity index (χ0) is 21.1. The molecule has 0 aromatic carbocycles. The Balaban J connectivity index is 0.00000450. The summed E-state index contributed by atoms with van der Waals surface area (Å²) in [6, 6.07) is 4.15. The Morgan fingerprint density at radius 2 is 2.10 bits per heavy atom. The van der Waals surface area contributed by atoms with Crippen molar-refractivity contribution in [2.24, 2.45) is 10.4 Å². The van der Waals surface area contributed by atoms with Gasteiger partial charge in [-0.05, 0) is 56.2 Å². The molecule has 8 heteroatoms. The summed E-state index contributed by atoms with van der Waals surface area (Å²) in [5, 5.41) is 16.3. The van der Waals surface area contributed by atoms with E-state index in [1.54, 1.807) is 0 Å². The summed E-state index contributed by atoms with van der Waals surface area (Å²) < 4.78 is 5.63. The van der Waals surface area contributed by atoms with Gasteiger partial charge in [0.25, 0.3) is 0 Å². The number of hydrogen-bond acceptors (Lipinski definition) is 5. The highest BCUT2D eigenvalue weighted by Crippen LogP contribution is 2.29. The molecule has 0 spiro atoms. The fourth-order valence-electron chi connectivity index (χ4n) is 3.72. The zero-order valence-electron chi connectivity index (χ0n) is 19.0. The molecule has 2 rings (SSSR count). The number of aliphatic imine (C=N–C) groups is 1. The zero-order valence-corrected chi connectivity index (χ0v) is 21.3. The van der Waals surface area contributed by atoms with Crippen molar-refractivity contribution < 1.29 is 9.84 Å². The van der Waals surface area contributed by atoms with Crippen molar-refractivity contribution >= 4 is 35.8 Å². The van der Waals surface area contributed by atoms with Gasteiger partial charge in [0.2, 0.25) is 0 Å². The SMILES string of the molecule is CCNC(=NCc1ccnc(N2CCOC(C)C2)c1)NCC(CC)(CC)CCO.I. The fraction of sp³-hybridized carbons (Fsp3) is 0.727. The van der Waals surface area contributed by atoms with Gasteiger partial charge in [-0.25, -0.2) is 9.98 Å². The first-order chi connectivity index (χ1) is 14.1. The minimum absolute atomic E-state index is 0. The van der Waals surface area contributed by atoms with Gasteiger partial charge in [-0.15, -0.1) is 24.0 Å². The summed E-state index contributed by atoms with van der Waals surface area (Å²) in [6.45, 7) is 13.5. The van der Waals surface area contributed by atoms with Crippen molar-refractivity contribution in [3.8, 4) is 0 Å². The molecule has 1 saturated heterocycles. The number of halogens is 1. The maximum absolute atomic E-state index is 9.44. The van der Waals surface area contributed by atoms with Crippen LogP contribution < -0.4 is 15.5 Å². The highest BCUT2D eigenvalue weighted by molar-refractivity contribution is 14.0. The van der Waals surface area contributed by atoms with Crippen LogP contribution in [0.3, 0.4) is 0 Å². The lowest BCUT2D eigenvalue weighted by atomic mass is 9.79. The van der Waals surface area contributed by atoms with Crippen LogP contribution >= 0.6 is 24.0 Å². The number of guanidine groups is 1. The van der Waals surface area contributed by atoms with E-state index in [4.69, 9.17) is 9.73 Å². The first kappa shape index (κ1) is 26.9. The van der Waals surface area contributed by atoms with Crippen LogP contribution in [0.25, 0.3) is 0 Å². The lowest BCUT2D eigenvalue weighted by Gasteiger charge is -2.32. The molecular formula is C22H40IN5O2. The van der Waals surface area contributed by atoms with Gasteiger partial charge < -0.3 is 25.4 Å². The minimum Gasteiger partial charge on any atom is -0.396 e. The summed E-state index contributed by atoms with van der Waals surface area (Å²) in [5.41, 5.74) is 1.24. The van der Waals surface area contributed by atoms with Gasteiger partial charge in [-0.1, -0.05) is 13.8 Å². The number of pyridine rings is 1. The van der Waals surface area contributed by atoms with Crippen LogP contribution in [0.1, 0.15) is 52.5 Å². The molecule has 1 aromatic heterocycles. The van der Waals surface area contributed by atoms with Crippen LogP contribution in [0.5, 0.6) is 0 Å². The molecule has 1 aliphatic heterocycles. The molecule has 1 aromatic rings. The van der Waals surface area contributed by atoms with E-state index in [9.17, 15) is 5.11 Å². The molecule has 172 valence electrons. The topological polar surface area (TPSA) is 82.0 Å². The van der Waals surface area contributed by atoms with Crippen LogP contribution in [0.15, 0.2) is 23.3 Å². The van der Waals surface area contributed by atoms with Crippen LogP contribution in [0.4, 0.5) is 5.82 Å². The van der Waals surface area contributed by atoms with Crippen molar-refractivity contribution in [2.75, 3.05) is 44.3 Å². The maximum atomic E-state index is 9.44. The number of aromatic nitrogens is 1. The molecule has 0 radical (unpaired) electrons. The van der Waals surface area contributed by atoms with E-state index >= 15 is 0 Å². The lowest BCUT2D eigenvalue weighted by molar-refractivity contribution is 0.0529. The van der Waals surface area contributed by atoms with Gasteiger partial charge in [0, 0.05) is 39.0 Å². The summed E-state index contributed by atoms with van der Waals surface area (Å²) >= 11 is 0. The molecule has 1 fully saturated rings. The number of nitrogens with one attached hydrogen (secondary N) is 2. The van der Waals surface area contributed by atoms with Crippen molar-refractivity contribution in [1.82, 2.24) is 15.6 Å². The average molecular weight is 533 g/mol. The number of nitrogens with zero attached hydrogens (tertiary/aromatic N) is 3. The Labute approximate surface area is 199 Å². The smallest absolute Gasteiger partial charge is 0.191 e. The van der Waals surface area contributed by atoms with Gasteiger partial charge >= 0.3 is 0 Å². The normalized spacial score (nSPS) is 17.4. The van der Waals surface area contributed by atoms with E-state index in [0.717, 1.165) is 69.4 Å². The molecule has 0 amide bonds. The Kier molecular flexibility index (Phi) is 12.6. The van der Waals surface area contributed by atoms with E-state index in [1.807, 2.05) is 12.3 Å². The molecule has 2 heterocycles. The molecule has 0 aliphatic carbocycles. The average Bonchev–Trinajstić information content (AvgIpc) is 2.75. The van der Waals surface area contributed by atoms with Gasteiger partial charge in [-0.3, -0.25) is 0 Å². The second-order valence-electron chi connectivity index (χ2n) is 7.88. The first-order valence-corrected chi connectivity index (χ1v) is 11.0. The first-order valence-electron chi connectivity index (χ1n) is 11.0. The number of ether oxygens (including phenoxy) is 1.